The van der Waals surface area contributed by atoms with Crippen molar-refractivity contribution in [2.45, 2.75) is 191 Å². The Labute approximate surface area is 407 Å². The fraction of sp³-hybridized carbons (Fsp3) is 0.765. The molecule has 4 aliphatic rings. The summed E-state index contributed by atoms with van der Waals surface area (Å²) in [6.07, 6.45) is -9.62. The van der Waals surface area contributed by atoms with E-state index in [0.29, 0.717) is 24.2 Å². The Balaban J connectivity index is 1.45. The zero-order chi connectivity index (χ0) is 50.9. The average Bonchev–Trinajstić information content (AvgIpc) is 3.29. The largest absolute Gasteiger partial charge is 0.494 e. The van der Waals surface area contributed by atoms with Gasteiger partial charge in [-0.15, -0.1) is 0 Å². The SMILES string of the molecule is CC[C@H]1OC(=O)C[C@@H](O)[C@H](C)[C@@H](O[C@@H]2O[C@H](C)[C@@H](O[C@H]3C[C@@](C)(O)[C@@H](O)[C@H](C)O3)[C@H](N(C)C)[C@H]2O)[C@@H](CCOc2ccccc2)C[C@@H](C)C(=O)/C=C/C(C)=C/[C@@H]1CO[C@@H]1O[C@H](C)[C@@H](O)[C@@H](O)[C@H]1OC. The molecule has 4 aliphatic heterocycles. The molecule has 69 heavy (non-hydrogen) atoms. The summed E-state index contributed by atoms with van der Waals surface area (Å²) in [6.45, 7) is 14.0. The van der Waals surface area contributed by atoms with Crippen molar-refractivity contribution >= 4 is 11.8 Å². The van der Waals surface area contributed by atoms with Gasteiger partial charge >= 0.3 is 5.97 Å². The zero-order valence-electron chi connectivity index (χ0n) is 42.2. The molecule has 0 aliphatic carbocycles. The van der Waals surface area contributed by atoms with Crippen molar-refractivity contribution in [1.29, 1.82) is 0 Å². The topological polar surface area (TPSA) is 242 Å². The molecule has 0 saturated carbocycles. The van der Waals surface area contributed by atoms with Crippen molar-refractivity contribution in [3.63, 3.8) is 0 Å². The third-order valence-corrected chi connectivity index (χ3v) is 14.3. The Morgan fingerprint density at radius 1 is 0.826 bits per heavy atom. The highest BCUT2D eigenvalue weighted by molar-refractivity contribution is 5.91. The number of carbonyl (C=O) groups excluding carboxylic acids is 2. The average molecular weight is 980 g/mol. The van der Waals surface area contributed by atoms with Gasteiger partial charge in [0.15, 0.2) is 24.7 Å². The summed E-state index contributed by atoms with van der Waals surface area (Å²) >= 11 is 0. The van der Waals surface area contributed by atoms with Crippen LogP contribution < -0.4 is 4.74 Å². The van der Waals surface area contributed by atoms with E-state index in [2.05, 4.69) is 0 Å². The number of esters is 1. The Bertz CT molecular complexity index is 1810. The molecule has 18 heteroatoms. The molecule has 0 amide bonds. The van der Waals surface area contributed by atoms with Crippen LogP contribution in [0.15, 0.2) is 54.1 Å². The van der Waals surface area contributed by atoms with Crippen LogP contribution in [0.1, 0.15) is 87.5 Å². The van der Waals surface area contributed by atoms with Gasteiger partial charge in [-0.1, -0.05) is 56.7 Å². The summed E-state index contributed by atoms with van der Waals surface area (Å²) in [6, 6.07) is 8.55. The predicted molar refractivity (Wildman–Crippen MR) is 251 cm³/mol. The molecule has 1 aromatic carbocycles. The minimum Gasteiger partial charge on any atom is -0.494 e. The predicted octanol–water partition coefficient (Wildman–Crippen LogP) is 3.06. The highest BCUT2D eigenvalue weighted by Crippen LogP contribution is 2.38. The second-order valence-electron chi connectivity index (χ2n) is 20.1. The lowest BCUT2D eigenvalue weighted by molar-refractivity contribution is -0.342. The lowest BCUT2D eigenvalue weighted by atomic mass is 9.79. The monoisotopic (exact) mass is 980 g/mol. The molecule has 21 atom stereocenters. The number of para-hydroxylation sites is 1. The number of ketones is 1. The fourth-order valence-electron chi connectivity index (χ4n) is 10.0. The lowest BCUT2D eigenvalue weighted by Gasteiger charge is -2.50. The molecule has 0 unspecified atom stereocenters. The van der Waals surface area contributed by atoms with Crippen molar-refractivity contribution in [3.05, 3.63) is 54.1 Å². The van der Waals surface area contributed by atoms with Crippen molar-refractivity contribution < 1.29 is 82.9 Å². The third-order valence-electron chi connectivity index (χ3n) is 14.3. The summed E-state index contributed by atoms with van der Waals surface area (Å²) in [4.78, 5) is 29.8. The van der Waals surface area contributed by atoms with Gasteiger partial charge in [-0.25, -0.2) is 0 Å². The Morgan fingerprint density at radius 2 is 1.51 bits per heavy atom. The van der Waals surface area contributed by atoms with Crippen LogP contribution in [0.3, 0.4) is 0 Å². The molecule has 0 aromatic heterocycles. The third kappa shape index (κ3) is 14.8. The number of benzene rings is 1. The van der Waals surface area contributed by atoms with Crippen LogP contribution in [-0.4, -0.2) is 185 Å². The van der Waals surface area contributed by atoms with Crippen molar-refractivity contribution in [2.24, 2.45) is 23.7 Å². The molecule has 0 spiro atoms. The Morgan fingerprint density at radius 3 is 2.14 bits per heavy atom. The highest BCUT2D eigenvalue weighted by Gasteiger charge is 2.52. The molecule has 6 N–H and O–H groups in total. The van der Waals surface area contributed by atoms with E-state index in [-0.39, 0.29) is 31.8 Å². The van der Waals surface area contributed by atoms with Crippen LogP contribution in [0.2, 0.25) is 0 Å². The number of rotatable bonds is 14. The number of carbonyl (C=O) groups is 2. The van der Waals surface area contributed by atoms with Gasteiger partial charge in [0, 0.05) is 31.3 Å². The molecule has 0 radical (unpaired) electrons. The summed E-state index contributed by atoms with van der Waals surface area (Å²) in [5, 5.41) is 66.9. The molecule has 3 fully saturated rings. The number of ether oxygens (including phenoxy) is 9. The number of allylic oxidation sites excluding steroid dienone is 3. The van der Waals surface area contributed by atoms with Crippen LogP contribution in [-0.2, 0) is 47.5 Å². The maximum absolute atomic E-state index is 14.0. The van der Waals surface area contributed by atoms with Gasteiger partial charge in [-0.3, -0.25) is 9.59 Å². The first-order valence-corrected chi connectivity index (χ1v) is 24.5. The quantitative estimate of drug-likeness (QED) is 0.147. The Hall–Kier alpha value is -2.92. The van der Waals surface area contributed by atoms with Gasteiger partial charge in [0.2, 0.25) is 0 Å². The van der Waals surface area contributed by atoms with E-state index in [1.54, 1.807) is 52.8 Å². The van der Waals surface area contributed by atoms with Gasteiger partial charge in [0.1, 0.15) is 48.5 Å². The molecule has 18 nitrogen and oxygen atoms in total. The van der Waals surface area contributed by atoms with Crippen molar-refractivity contribution in [3.8, 4) is 5.75 Å². The lowest BCUT2D eigenvalue weighted by Crippen LogP contribution is -2.65. The van der Waals surface area contributed by atoms with Gasteiger partial charge in [-0.2, -0.15) is 0 Å². The van der Waals surface area contributed by atoms with Crippen LogP contribution in [0, 0.1) is 23.7 Å². The normalized spacial score (nSPS) is 43.4. The second-order valence-corrected chi connectivity index (χ2v) is 20.1. The van der Waals surface area contributed by atoms with Gasteiger partial charge < -0.3 is 78.2 Å². The minimum atomic E-state index is -1.49. The summed E-state index contributed by atoms with van der Waals surface area (Å²) < 4.78 is 55.5. The first-order valence-electron chi connectivity index (χ1n) is 24.5. The van der Waals surface area contributed by atoms with E-state index >= 15 is 0 Å². The van der Waals surface area contributed by atoms with Crippen LogP contribution in [0.5, 0.6) is 5.75 Å². The maximum atomic E-state index is 14.0. The molecule has 4 heterocycles. The van der Waals surface area contributed by atoms with Crippen LogP contribution in [0.25, 0.3) is 0 Å². The summed E-state index contributed by atoms with van der Waals surface area (Å²) in [7, 11) is 4.94. The van der Waals surface area contributed by atoms with Gasteiger partial charge in [0.05, 0.1) is 61.8 Å². The summed E-state index contributed by atoms with van der Waals surface area (Å²) in [5.74, 6) is -2.62. The van der Waals surface area contributed by atoms with E-state index in [1.165, 1.54) is 20.1 Å². The number of methoxy groups -OCH3 is 1. The smallest absolute Gasteiger partial charge is 0.308 e. The number of hydrogen-bond donors (Lipinski definition) is 6. The maximum Gasteiger partial charge on any atom is 0.308 e. The molecular weight excluding hydrogens is 899 g/mol. The van der Waals surface area contributed by atoms with E-state index < -0.39 is 140 Å². The highest BCUT2D eigenvalue weighted by atomic mass is 16.7. The van der Waals surface area contributed by atoms with E-state index in [1.807, 2.05) is 57.2 Å². The number of hydrogen-bond acceptors (Lipinski definition) is 18. The summed E-state index contributed by atoms with van der Waals surface area (Å²) in [5.41, 5.74) is -0.801. The molecule has 5 rings (SSSR count). The van der Waals surface area contributed by atoms with Crippen LogP contribution in [0.4, 0.5) is 0 Å². The molecule has 0 bridgehead atoms. The van der Waals surface area contributed by atoms with E-state index in [9.17, 15) is 40.2 Å². The number of nitrogens with zero attached hydrogens (tertiary/aromatic N) is 1. The first-order chi connectivity index (χ1) is 32.6. The standard InChI is InChI=1S/C51H81NO17/c1-12-38-34(26-63-50-47(61-11)44(58)42(56)30(5)65-50)22-27(2)18-19-36(53)28(3)23-33(20-21-62-35-16-14-13-15-17-35)45(29(4)37(54)24-39(55)67-38)69-49-43(57)41(52(9)10)46(31(6)66-49)68-40-25-51(8,60)48(59)32(7)64-40/h13-19,22,28-34,37-38,40-50,54,56-60H,12,20-21,23-26H2,1-11H3/b19-18+,27-22+/t28-,29+,30-,31-,32+,33+,34-,37-,38-,40+,41-,42-,43-,44-,45-,46-,47-,48+,49+,50-,51-/m1/s1. The van der Waals surface area contributed by atoms with Gasteiger partial charge in [-0.05, 0) is 92.1 Å². The van der Waals surface area contributed by atoms with Gasteiger partial charge in [0.25, 0.3) is 0 Å². The molecular formula is C51H81NO17. The fourth-order valence-corrected chi connectivity index (χ4v) is 10.0. The number of aliphatic hydroxyl groups excluding tert-OH is 5. The molecule has 3 saturated heterocycles. The number of cyclic esters (lactones) is 1. The van der Waals surface area contributed by atoms with E-state index in [0.717, 1.165) is 0 Å². The molecule has 1 aromatic rings. The minimum absolute atomic E-state index is 0.0275. The second kappa shape index (κ2) is 25.6. The van der Waals surface area contributed by atoms with E-state index in [4.69, 9.17) is 42.6 Å². The number of likely N-dealkylation sites (N-methyl/N-ethyl adjacent to an activating group) is 1. The zero-order valence-corrected chi connectivity index (χ0v) is 42.2. The van der Waals surface area contributed by atoms with Crippen molar-refractivity contribution in [2.75, 3.05) is 34.4 Å². The number of aliphatic hydroxyl groups is 6. The molecule has 392 valence electrons. The van der Waals surface area contributed by atoms with Crippen LogP contribution >= 0.6 is 0 Å². The Kier molecular flexibility index (Phi) is 21.2. The van der Waals surface area contributed by atoms with Crippen molar-refractivity contribution in [1.82, 2.24) is 4.90 Å². The first kappa shape index (κ1) is 57.0.